The second-order valence-corrected chi connectivity index (χ2v) is 4.60. The van der Waals surface area contributed by atoms with Crippen molar-refractivity contribution in [1.82, 2.24) is 4.98 Å². The molecule has 1 aromatic carbocycles. The lowest BCUT2D eigenvalue weighted by atomic mass is 10.0. The number of hydrogen-bond donors (Lipinski definition) is 0. The van der Waals surface area contributed by atoms with E-state index in [0.29, 0.717) is 5.92 Å². The third kappa shape index (κ3) is 2.26. The number of rotatable bonds is 3. The van der Waals surface area contributed by atoms with Gasteiger partial charge < -0.3 is 4.74 Å². The van der Waals surface area contributed by atoms with Gasteiger partial charge in [0.15, 0.2) is 0 Å². The van der Waals surface area contributed by atoms with Crippen LogP contribution in [0.2, 0.25) is 0 Å². The topological polar surface area (TPSA) is 22.1 Å². The summed E-state index contributed by atoms with van der Waals surface area (Å²) in [4.78, 5) is 4.71. The third-order valence-corrected chi connectivity index (χ3v) is 3.09. The Kier molecular flexibility index (Phi) is 3.32. The van der Waals surface area contributed by atoms with Crippen LogP contribution in [0.5, 0.6) is 5.75 Å². The van der Waals surface area contributed by atoms with Crippen molar-refractivity contribution < 1.29 is 4.74 Å². The quantitative estimate of drug-likeness (QED) is 0.795. The molecule has 0 spiro atoms. The number of aryl methyl sites for hydroxylation is 1. The molecule has 0 aliphatic heterocycles. The van der Waals surface area contributed by atoms with Crippen LogP contribution in [-0.4, -0.2) is 12.1 Å². The Hall–Kier alpha value is -1.57. The number of fused-ring (bicyclic) bond motifs is 1. The second kappa shape index (κ2) is 4.74. The van der Waals surface area contributed by atoms with Crippen LogP contribution in [0, 0.1) is 0 Å². The van der Waals surface area contributed by atoms with Crippen LogP contribution in [0.25, 0.3) is 10.9 Å². The molecule has 0 saturated heterocycles. The molecule has 2 aromatic rings. The molecule has 0 radical (unpaired) electrons. The van der Waals surface area contributed by atoms with E-state index in [-0.39, 0.29) is 0 Å². The van der Waals surface area contributed by atoms with Crippen LogP contribution < -0.4 is 4.74 Å². The van der Waals surface area contributed by atoms with E-state index >= 15 is 0 Å². The summed E-state index contributed by atoms with van der Waals surface area (Å²) in [5.41, 5.74) is 3.55. The highest BCUT2D eigenvalue weighted by Crippen LogP contribution is 2.26. The van der Waals surface area contributed by atoms with Gasteiger partial charge in [0.25, 0.3) is 0 Å². The third-order valence-electron chi connectivity index (χ3n) is 3.09. The summed E-state index contributed by atoms with van der Waals surface area (Å²) < 4.78 is 5.26. The van der Waals surface area contributed by atoms with Crippen molar-refractivity contribution in [3.63, 3.8) is 0 Å². The summed E-state index contributed by atoms with van der Waals surface area (Å²) in [6.45, 7) is 6.53. The molecule has 0 bridgehead atoms. The largest absolute Gasteiger partial charge is 0.497 e. The predicted octanol–water partition coefficient (Wildman–Crippen LogP) is 3.93. The molecule has 2 heteroatoms. The summed E-state index contributed by atoms with van der Waals surface area (Å²) in [7, 11) is 1.69. The van der Waals surface area contributed by atoms with Crippen molar-refractivity contribution in [2.24, 2.45) is 0 Å². The highest BCUT2D eigenvalue weighted by molar-refractivity contribution is 5.83. The Morgan fingerprint density at radius 2 is 2.00 bits per heavy atom. The van der Waals surface area contributed by atoms with E-state index in [0.717, 1.165) is 23.4 Å². The number of aromatic nitrogens is 1. The molecular weight excluding hydrogens is 210 g/mol. The molecule has 0 aliphatic carbocycles. The fourth-order valence-corrected chi connectivity index (χ4v) is 2.02. The van der Waals surface area contributed by atoms with E-state index in [1.165, 1.54) is 10.9 Å². The standard InChI is InChI=1S/C15H19NO/c1-5-11-8-14(10(2)3)16-15-9-12(17-4)6-7-13(11)15/h6-10H,5H2,1-4H3. The van der Waals surface area contributed by atoms with Crippen molar-refractivity contribution >= 4 is 10.9 Å². The van der Waals surface area contributed by atoms with Crippen molar-refractivity contribution in [2.45, 2.75) is 33.1 Å². The highest BCUT2D eigenvalue weighted by atomic mass is 16.5. The monoisotopic (exact) mass is 229 g/mol. The number of benzene rings is 1. The lowest BCUT2D eigenvalue weighted by molar-refractivity contribution is 0.415. The molecule has 0 N–H and O–H groups in total. The number of ether oxygens (including phenoxy) is 1. The molecule has 0 amide bonds. The summed E-state index contributed by atoms with van der Waals surface area (Å²) in [6, 6.07) is 8.34. The van der Waals surface area contributed by atoms with Crippen molar-refractivity contribution in [1.29, 1.82) is 0 Å². The van der Waals surface area contributed by atoms with Crippen molar-refractivity contribution in [3.05, 3.63) is 35.5 Å². The second-order valence-electron chi connectivity index (χ2n) is 4.60. The maximum atomic E-state index is 5.26. The first-order valence-electron chi connectivity index (χ1n) is 6.13. The van der Waals surface area contributed by atoms with Crippen LogP contribution in [0.4, 0.5) is 0 Å². The molecule has 0 unspecified atom stereocenters. The number of hydrogen-bond acceptors (Lipinski definition) is 2. The molecule has 1 aromatic heterocycles. The smallest absolute Gasteiger partial charge is 0.121 e. The van der Waals surface area contributed by atoms with Crippen molar-refractivity contribution in [3.8, 4) is 5.75 Å². The maximum absolute atomic E-state index is 5.26. The van der Waals surface area contributed by atoms with Gasteiger partial charge in [0.1, 0.15) is 5.75 Å². The van der Waals surface area contributed by atoms with Crippen LogP contribution in [0.15, 0.2) is 24.3 Å². The first kappa shape index (κ1) is 11.9. The normalized spacial score (nSPS) is 11.1. The van der Waals surface area contributed by atoms with Gasteiger partial charge in [0.05, 0.1) is 12.6 Å². The fraction of sp³-hybridized carbons (Fsp3) is 0.400. The van der Waals surface area contributed by atoms with E-state index in [4.69, 9.17) is 9.72 Å². The fourth-order valence-electron chi connectivity index (χ4n) is 2.02. The lowest BCUT2D eigenvalue weighted by Gasteiger charge is -2.11. The van der Waals surface area contributed by atoms with Gasteiger partial charge in [0, 0.05) is 17.1 Å². The van der Waals surface area contributed by atoms with Gasteiger partial charge in [-0.05, 0) is 36.1 Å². The number of nitrogens with zero attached hydrogens (tertiary/aromatic N) is 1. The Labute approximate surface area is 103 Å². The zero-order valence-electron chi connectivity index (χ0n) is 10.9. The molecule has 17 heavy (non-hydrogen) atoms. The van der Waals surface area contributed by atoms with Gasteiger partial charge in [-0.15, -0.1) is 0 Å². The molecule has 90 valence electrons. The molecule has 2 rings (SSSR count). The minimum atomic E-state index is 0.455. The first-order chi connectivity index (χ1) is 8.15. The van der Waals surface area contributed by atoms with Gasteiger partial charge in [-0.2, -0.15) is 0 Å². The molecule has 0 fully saturated rings. The lowest BCUT2D eigenvalue weighted by Crippen LogP contribution is -1.97. The summed E-state index contributed by atoms with van der Waals surface area (Å²) >= 11 is 0. The summed E-state index contributed by atoms with van der Waals surface area (Å²) in [6.07, 6.45) is 1.03. The average Bonchev–Trinajstić information content (AvgIpc) is 2.36. The Morgan fingerprint density at radius 3 is 2.59 bits per heavy atom. The zero-order chi connectivity index (χ0) is 12.4. The zero-order valence-corrected chi connectivity index (χ0v) is 10.9. The van der Waals surface area contributed by atoms with Crippen LogP contribution in [-0.2, 0) is 6.42 Å². The minimum Gasteiger partial charge on any atom is -0.497 e. The predicted molar refractivity (Wildman–Crippen MR) is 71.8 cm³/mol. The molecule has 0 atom stereocenters. The first-order valence-corrected chi connectivity index (χ1v) is 6.13. The van der Waals surface area contributed by atoms with E-state index in [2.05, 4.69) is 32.9 Å². The van der Waals surface area contributed by atoms with Crippen LogP contribution >= 0.6 is 0 Å². The SMILES string of the molecule is CCc1cc(C(C)C)nc2cc(OC)ccc12. The van der Waals surface area contributed by atoms with Gasteiger partial charge in [-0.25, -0.2) is 0 Å². The number of pyridine rings is 1. The van der Waals surface area contributed by atoms with Crippen LogP contribution in [0.3, 0.4) is 0 Å². The number of methoxy groups -OCH3 is 1. The van der Waals surface area contributed by atoms with Gasteiger partial charge in [-0.1, -0.05) is 20.8 Å². The van der Waals surface area contributed by atoms with Gasteiger partial charge in [0.2, 0.25) is 0 Å². The molecule has 0 aliphatic rings. The van der Waals surface area contributed by atoms with Crippen molar-refractivity contribution in [2.75, 3.05) is 7.11 Å². The van der Waals surface area contributed by atoms with E-state index in [1.54, 1.807) is 7.11 Å². The Bertz CT molecular complexity index is 532. The molecule has 1 heterocycles. The van der Waals surface area contributed by atoms with E-state index in [1.807, 2.05) is 12.1 Å². The van der Waals surface area contributed by atoms with E-state index in [9.17, 15) is 0 Å². The Morgan fingerprint density at radius 1 is 1.24 bits per heavy atom. The summed E-state index contributed by atoms with van der Waals surface area (Å²) in [5.74, 6) is 1.32. The van der Waals surface area contributed by atoms with Crippen LogP contribution in [0.1, 0.15) is 37.9 Å². The molecule has 2 nitrogen and oxygen atoms in total. The summed E-state index contributed by atoms with van der Waals surface area (Å²) in [5, 5.41) is 1.23. The Balaban J connectivity index is 2.69. The van der Waals surface area contributed by atoms with E-state index < -0.39 is 0 Å². The maximum Gasteiger partial charge on any atom is 0.121 e. The molecule has 0 saturated carbocycles. The van der Waals surface area contributed by atoms with Gasteiger partial charge >= 0.3 is 0 Å². The average molecular weight is 229 g/mol. The minimum absolute atomic E-state index is 0.455. The molecular formula is C15H19NO. The highest BCUT2D eigenvalue weighted by Gasteiger charge is 2.08. The van der Waals surface area contributed by atoms with Gasteiger partial charge in [-0.3, -0.25) is 4.98 Å².